The van der Waals surface area contributed by atoms with Crippen molar-refractivity contribution in [2.24, 2.45) is 5.73 Å². The van der Waals surface area contributed by atoms with Gasteiger partial charge in [0, 0.05) is 12.7 Å². The third-order valence-electron chi connectivity index (χ3n) is 1.82. The molecule has 2 N–H and O–H groups in total. The first-order valence-corrected chi connectivity index (χ1v) is 3.94. The number of methoxy groups -OCH3 is 1. The van der Waals surface area contributed by atoms with Crippen molar-refractivity contribution in [3.63, 3.8) is 0 Å². The molecule has 1 aromatic carbocycles. The van der Waals surface area contributed by atoms with Gasteiger partial charge in [-0.2, -0.15) is 0 Å². The SMILES string of the molecule is COCc1c(C(N)=O)cc(F)c(F)c1F. The molecule has 1 amide bonds. The smallest absolute Gasteiger partial charge is 0.249 e. The second-order valence-corrected chi connectivity index (χ2v) is 2.81. The Morgan fingerprint density at radius 2 is 2.00 bits per heavy atom. The van der Waals surface area contributed by atoms with E-state index in [0.717, 1.165) is 0 Å². The van der Waals surface area contributed by atoms with Crippen molar-refractivity contribution < 1.29 is 22.7 Å². The molecule has 0 radical (unpaired) electrons. The quantitative estimate of drug-likeness (QED) is 0.780. The Hall–Kier alpha value is -1.56. The van der Waals surface area contributed by atoms with Gasteiger partial charge in [-0.25, -0.2) is 13.2 Å². The normalized spacial score (nSPS) is 10.4. The van der Waals surface area contributed by atoms with E-state index in [-0.39, 0.29) is 12.2 Å². The lowest BCUT2D eigenvalue weighted by Gasteiger charge is -2.08. The fourth-order valence-corrected chi connectivity index (χ4v) is 1.14. The molecule has 0 fully saturated rings. The van der Waals surface area contributed by atoms with Gasteiger partial charge in [0.05, 0.1) is 12.2 Å². The summed E-state index contributed by atoms with van der Waals surface area (Å²) in [6.45, 7) is -0.360. The Bertz CT molecular complexity index is 407. The lowest BCUT2D eigenvalue weighted by Crippen LogP contribution is -2.17. The first-order valence-electron chi connectivity index (χ1n) is 3.94. The minimum atomic E-state index is -1.65. The summed E-state index contributed by atoms with van der Waals surface area (Å²) < 4.78 is 43.3. The highest BCUT2D eigenvalue weighted by molar-refractivity contribution is 5.94. The Morgan fingerprint density at radius 1 is 1.40 bits per heavy atom. The van der Waals surface area contributed by atoms with Crippen LogP contribution in [0.15, 0.2) is 6.07 Å². The van der Waals surface area contributed by atoms with Crippen LogP contribution in [0.5, 0.6) is 0 Å². The van der Waals surface area contributed by atoms with Gasteiger partial charge in [-0.15, -0.1) is 0 Å². The number of rotatable bonds is 3. The van der Waals surface area contributed by atoms with Gasteiger partial charge in [0.15, 0.2) is 17.5 Å². The van der Waals surface area contributed by atoms with Crippen LogP contribution < -0.4 is 5.73 Å². The molecule has 1 aromatic rings. The van der Waals surface area contributed by atoms with Crippen LogP contribution in [0.25, 0.3) is 0 Å². The van der Waals surface area contributed by atoms with Gasteiger partial charge in [-0.05, 0) is 6.07 Å². The predicted molar refractivity (Wildman–Crippen MR) is 45.5 cm³/mol. The second-order valence-electron chi connectivity index (χ2n) is 2.81. The van der Waals surface area contributed by atoms with Crippen LogP contribution in [0.2, 0.25) is 0 Å². The van der Waals surface area contributed by atoms with E-state index in [1.54, 1.807) is 0 Å². The molecule has 0 atom stereocenters. The summed E-state index contributed by atoms with van der Waals surface area (Å²) in [4.78, 5) is 10.8. The lowest BCUT2D eigenvalue weighted by atomic mass is 10.1. The fraction of sp³-hybridized carbons (Fsp3) is 0.222. The number of benzene rings is 1. The van der Waals surface area contributed by atoms with Crippen molar-refractivity contribution in [1.29, 1.82) is 0 Å². The minimum Gasteiger partial charge on any atom is -0.380 e. The van der Waals surface area contributed by atoms with Crippen molar-refractivity contribution in [3.8, 4) is 0 Å². The summed E-state index contributed by atoms with van der Waals surface area (Å²) in [7, 11) is 1.23. The predicted octanol–water partition coefficient (Wildman–Crippen LogP) is 1.35. The lowest BCUT2D eigenvalue weighted by molar-refractivity contribution is 0.0993. The average Bonchev–Trinajstić information content (AvgIpc) is 2.18. The number of hydrogen-bond donors (Lipinski definition) is 1. The zero-order chi connectivity index (χ0) is 11.6. The number of ether oxygens (including phenoxy) is 1. The third kappa shape index (κ3) is 2.10. The number of hydrogen-bond acceptors (Lipinski definition) is 2. The maximum Gasteiger partial charge on any atom is 0.249 e. The summed E-state index contributed by atoms with van der Waals surface area (Å²) >= 11 is 0. The Labute approximate surface area is 83.6 Å². The van der Waals surface area contributed by atoms with E-state index < -0.39 is 28.9 Å². The Morgan fingerprint density at radius 3 is 2.47 bits per heavy atom. The summed E-state index contributed by atoms with van der Waals surface area (Å²) in [5.41, 5.74) is 4.07. The Balaban J connectivity index is 3.43. The van der Waals surface area contributed by atoms with Gasteiger partial charge in [0.2, 0.25) is 5.91 Å². The number of halogens is 3. The van der Waals surface area contributed by atoms with Gasteiger partial charge in [-0.1, -0.05) is 0 Å². The topological polar surface area (TPSA) is 52.3 Å². The average molecular weight is 219 g/mol. The minimum absolute atomic E-state index is 0.360. The molecule has 0 unspecified atom stereocenters. The number of nitrogens with two attached hydrogens (primary N) is 1. The monoisotopic (exact) mass is 219 g/mol. The van der Waals surface area contributed by atoms with Gasteiger partial charge >= 0.3 is 0 Å². The number of carbonyl (C=O) groups excluding carboxylic acids is 1. The molecular weight excluding hydrogens is 211 g/mol. The van der Waals surface area contributed by atoms with Crippen molar-refractivity contribution in [2.45, 2.75) is 6.61 Å². The largest absolute Gasteiger partial charge is 0.380 e. The number of primary amides is 1. The van der Waals surface area contributed by atoms with Crippen LogP contribution in [0, 0.1) is 17.5 Å². The van der Waals surface area contributed by atoms with E-state index in [2.05, 4.69) is 4.74 Å². The number of amides is 1. The molecule has 3 nitrogen and oxygen atoms in total. The molecule has 1 rings (SSSR count). The maximum atomic E-state index is 13.2. The maximum absolute atomic E-state index is 13.2. The van der Waals surface area contributed by atoms with Gasteiger partial charge in [0.25, 0.3) is 0 Å². The zero-order valence-electron chi connectivity index (χ0n) is 7.81. The van der Waals surface area contributed by atoms with Crippen molar-refractivity contribution in [3.05, 3.63) is 34.6 Å². The van der Waals surface area contributed by atoms with Gasteiger partial charge < -0.3 is 10.5 Å². The zero-order valence-corrected chi connectivity index (χ0v) is 7.81. The highest BCUT2D eigenvalue weighted by Crippen LogP contribution is 2.20. The first kappa shape index (κ1) is 11.5. The van der Waals surface area contributed by atoms with E-state index in [4.69, 9.17) is 5.73 Å². The van der Waals surface area contributed by atoms with E-state index in [0.29, 0.717) is 6.07 Å². The molecule has 0 aliphatic carbocycles. The first-order chi connectivity index (χ1) is 6.99. The molecular formula is C9H8F3NO2. The van der Waals surface area contributed by atoms with Crippen LogP contribution in [-0.2, 0) is 11.3 Å². The van der Waals surface area contributed by atoms with E-state index in [1.807, 2.05) is 0 Å². The number of carbonyl (C=O) groups is 1. The van der Waals surface area contributed by atoms with Gasteiger partial charge in [0.1, 0.15) is 0 Å². The van der Waals surface area contributed by atoms with E-state index in [1.165, 1.54) is 7.11 Å². The second kappa shape index (κ2) is 4.31. The molecule has 0 spiro atoms. The molecule has 0 aromatic heterocycles. The highest BCUT2D eigenvalue weighted by atomic mass is 19.2. The van der Waals surface area contributed by atoms with Crippen molar-refractivity contribution >= 4 is 5.91 Å². The van der Waals surface area contributed by atoms with Crippen LogP contribution in [0.3, 0.4) is 0 Å². The van der Waals surface area contributed by atoms with Crippen LogP contribution in [-0.4, -0.2) is 13.0 Å². The molecule has 0 saturated heterocycles. The Kier molecular flexibility index (Phi) is 3.31. The molecule has 0 aliphatic heterocycles. The standard InChI is InChI=1S/C9H8F3NO2/c1-15-3-5-4(9(13)14)2-6(10)8(12)7(5)11/h2H,3H2,1H3,(H2,13,14). The van der Waals surface area contributed by atoms with Crippen molar-refractivity contribution in [2.75, 3.05) is 7.11 Å². The van der Waals surface area contributed by atoms with Crippen LogP contribution in [0.1, 0.15) is 15.9 Å². The van der Waals surface area contributed by atoms with Crippen LogP contribution >= 0.6 is 0 Å². The molecule has 6 heteroatoms. The molecule has 82 valence electrons. The van der Waals surface area contributed by atoms with Gasteiger partial charge in [-0.3, -0.25) is 4.79 Å². The van der Waals surface area contributed by atoms with Crippen molar-refractivity contribution in [1.82, 2.24) is 0 Å². The molecule has 0 aliphatic rings. The van der Waals surface area contributed by atoms with E-state index >= 15 is 0 Å². The molecule has 0 heterocycles. The van der Waals surface area contributed by atoms with E-state index in [9.17, 15) is 18.0 Å². The summed E-state index contributed by atoms with van der Waals surface area (Å²) in [5.74, 6) is -5.60. The summed E-state index contributed by atoms with van der Waals surface area (Å²) in [5, 5.41) is 0. The third-order valence-corrected chi connectivity index (χ3v) is 1.82. The van der Waals surface area contributed by atoms with Crippen LogP contribution in [0.4, 0.5) is 13.2 Å². The molecule has 15 heavy (non-hydrogen) atoms. The fourth-order valence-electron chi connectivity index (χ4n) is 1.14. The summed E-state index contributed by atoms with van der Waals surface area (Å²) in [6, 6.07) is 0.551. The molecule has 0 bridgehead atoms. The summed E-state index contributed by atoms with van der Waals surface area (Å²) in [6.07, 6.45) is 0. The highest BCUT2D eigenvalue weighted by Gasteiger charge is 2.20. The molecule has 0 saturated carbocycles.